The maximum Gasteiger partial charge on any atom is 0.246 e. The molecule has 1 amide bonds. The van der Waals surface area contributed by atoms with Crippen molar-refractivity contribution in [2.75, 3.05) is 42.4 Å². The second kappa shape index (κ2) is 6.30. The van der Waals surface area contributed by atoms with Crippen LogP contribution in [0.1, 0.15) is 18.5 Å². The highest BCUT2D eigenvalue weighted by Gasteiger charge is 2.29. The van der Waals surface area contributed by atoms with Gasteiger partial charge in [-0.05, 0) is 24.9 Å². The van der Waals surface area contributed by atoms with Crippen LogP contribution in [0.2, 0.25) is 0 Å². The number of rotatable bonds is 6. The van der Waals surface area contributed by atoms with Crippen molar-refractivity contribution >= 4 is 29.0 Å². The van der Waals surface area contributed by atoms with E-state index in [1.54, 1.807) is 0 Å². The Hall–Kier alpha value is -1.20. The predicted molar refractivity (Wildman–Crippen MR) is 83.1 cm³/mol. The fourth-order valence-corrected chi connectivity index (χ4v) is 2.71. The van der Waals surface area contributed by atoms with Gasteiger partial charge in [0.05, 0.1) is 0 Å². The van der Waals surface area contributed by atoms with Crippen LogP contribution in [0.5, 0.6) is 0 Å². The van der Waals surface area contributed by atoms with Crippen LogP contribution in [0.15, 0.2) is 18.2 Å². The zero-order valence-corrected chi connectivity index (χ0v) is 12.5. The van der Waals surface area contributed by atoms with E-state index in [4.69, 9.17) is 0 Å². The number of thioether (sulfide) groups is 1. The Morgan fingerprint density at radius 2 is 2.26 bits per heavy atom. The van der Waals surface area contributed by atoms with Gasteiger partial charge in [0, 0.05) is 36.3 Å². The molecule has 1 aliphatic heterocycles. The number of anilines is 2. The van der Waals surface area contributed by atoms with Crippen LogP contribution in [-0.2, 0) is 4.79 Å². The molecule has 0 fully saturated rings. The van der Waals surface area contributed by atoms with Crippen molar-refractivity contribution in [1.82, 2.24) is 5.32 Å². The van der Waals surface area contributed by atoms with E-state index >= 15 is 0 Å². The summed E-state index contributed by atoms with van der Waals surface area (Å²) < 4.78 is 0. The third-order valence-corrected chi connectivity index (χ3v) is 3.94. The summed E-state index contributed by atoms with van der Waals surface area (Å²) in [6.07, 6.45) is 2.11. The molecule has 1 unspecified atom stereocenters. The average Bonchev–Trinajstić information content (AvgIpc) is 2.72. The Labute approximate surface area is 118 Å². The number of amides is 1. The predicted octanol–water partition coefficient (Wildman–Crippen LogP) is 2.09. The van der Waals surface area contributed by atoms with E-state index in [0.717, 1.165) is 35.8 Å². The first kappa shape index (κ1) is 14.2. The molecule has 1 aliphatic rings. The summed E-state index contributed by atoms with van der Waals surface area (Å²) in [5.41, 5.74) is 3.13. The van der Waals surface area contributed by atoms with E-state index in [1.165, 1.54) is 0 Å². The number of likely N-dealkylation sites (N-methyl/N-ethyl adjacent to an activating group) is 1. The van der Waals surface area contributed by atoms with Crippen LogP contribution >= 0.6 is 11.8 Å². The van der Waals surface area contributed by atoms with Crippen LogP contribution in [0.3, 0.4) is 0 Å². The van der Waals surface area contributed by atoms with Crippen molar-refractivity contribution < 1.29 is 4.79 Å². The molecule has 1 aromatic carbocycles. The molecule has 104 valence electrons. The summed E-state index contributed by atoms with van der Waals surface area (Å²) >= 11 is 1.84. The molecule has 1 heterocycles. The highest BCUT2D eigenvalue weighted by Crippen LogP contribution is 2.33. The summed E-state index contributed by atoms with van der Waals surface area (Å²) in [5, 5.41) is 6.15. The monoisotopic (exact) mass is 279 g/mol. The standard InChI is InChI=1S/C14H21N3OS/c1-4-15-13-11-6-5-10(17(2)7-8-19-3)9-12(11)16-14(13)18/h5-6,9,13,15H,4,7-8H2,1-3H3,(H,16,18). The molecule has 0 spiro atoms. The number of carbonyl (C=O) groups is 1. The Bertz CT molecular complexity index is 464. The third-order valence-electron chi connectivity index (χ3n) is 3.35. The van der Waals surface area contributed by atoms with Crippen molar-refractivity contribution in [2.24, 2.45) is 0 Å². The summed E-state index contributed by atoms with van der Waals surface area (Å²) in [6.45, 7) is 3.80. The molecule has 0 radical (unpaired) electrons. The molecule has 0 aliphatic carbocycles. The van der Waals surface area contributed by atoms with Gasteiger partial charge in [-0.25, -0.2) is 0 Å². The van der Waals surface area contributed by atoms with Gasteiger partial charge in [-0.3, -0.25) is 4.79 Å². The smallest absolute Gasteiger partial charge is 0.246 e. The van der Waals surface area contributed by atoms with E-state index < -0.39 is 0 Å². The first-order valence-electron chi connectivity index (χ1n) is 6.55. The average molecular weight is 279 g/mol. The second-order valence-electron chi connectivity index (χ2n) is 4.67. The number of hydrogen-bond acceptors (Lipinski definition) is 4. The first-order chi connectivity index (χ1) is 9.17. The van der Waals surface area contributed by atoms with E-state index in [-0.39, 0.29) is 11.9 Å². The third kappa shape index (κ3) is 3.04. The summed E-state index contributed by atoms with van der Waals surface area (Å²) in [6, 6.07) is 5.99. The Morgan fingerprint density at radius 3 is 2.95 bits per heavy atom. The number of nitrogens with one attached hydrogen (secondary N) is 2. The minimum Gasteiger partial charge on any atom is -0.374 e. The van der Waals surface area contributed by atoms with Gasteiger partial charge in [0.25, 0.3) is 0 Å². The highest BCUT2D eigenvalue weighted by atomic mass is 32.2. The molecule has 0 bridgehead atoms. The minimum atomic E-state index is -0.203. The number of nitrogens with zero attached hydrogens (tertiary/aromatic N) is 1. The van der Waals surface area contributed by atoms with Crippen molar-refractivity contribution in [3.8, 4) is 0 Å². The summed E-state index contributed by atoms with van der Waals surface area (Å²) in [7, 11) is 2.08. The molecule has 0 saturated carbocycles. The Morgan fingerprint density at radius 1 is 1.47 bits per heavy atom. The lowest BCUT2D eigenvalue weighted by molar-refractivity contribution is -0.117. The summed E-state index contributed by atoms with van der Waals surface area (Å²) in [5.74, 6) is 1.14. The molecule has 2 rings (SSSR count). The first-order valence-corrected chi connectivity index (χ1v) is 7.95. The fourth-order valence-electron chi connectivity index (χ4n) is 2.25. The van der Waals surface area contributed by atoms with Crippen molar-refractivity contribution in [3.05, 3.63) is 23.8 Å². The van der Waals surface area contributed by atoms with E-state index in [9.17, 15) is 4.79 Å². The molecule has 0 aromatic heterocycles. The van der Waals surface area contributed by atoms with Crippen molar-refractivity contribution in [1.29, 1.82) is 0 Å². The quantitative estimate of drug-likeness (QED) is 0.837. The molecule has 2 N–H and O–H groups in total. The van der Waals surface area contributed by atoms with Crippen LogP contribution in [0.25, 0.3) is 0 Å². The fraction of sp³-hybridized carbons (Fsp3) is 0.500. The molecule has 0 saturated heterocycles. The zero-order valence-electron chi connectivity index (χ0n) is 11.7. The Balaban J connectivity index is 2.17. The second-order valence-corrected chi connectivity index (χ2v) is 5.65. The van der Waals surface area contributed by atoms with Crippen LogP contribution < -0.4 is 15.5 Å². The largest absolute Gasteiger partial charge is 0.374 e. The van der Waals surface area contributed by atoms with Gasteiger partial charge in [-0.1, -0.05) is 13.0 Å². The molecular formula is C14H21N3OS. The maximum absolute atomic E-state index is 11.9. The zero-order chi connectivity index (χ0) is 13.8. The van der Waals surface area contributed by atoms with Gasteiger partial charge in [0.1, 0.15) is 6.04 Å². The molecule has 4 nitrogen and oxygen atoms in total. The van der Waals surface area contributed by atoms with Gasteiger partial charge in [0.2, 0.25) is 5.91 Å². The van der Waals surface area contributed by atoms with Crippen LogP contribution in [-0.4, -0.2) is 38.1 Å². The summed E-state index contributed by atoms with van der Waals surface area (Å²) in [4.78, 5) is 14.1. The lowest BCUT2D eigenvalue weighted by Gasteiger charge is -2.19. The molecular weight excluding hydrogens is 258 g/mol. The van der Waals surface area contributed by atoms with Gasteiger partial charge >= 0.3 is 0 Å². The normalized spacial score (nSPS) is 17.2. The molecule has 1 aromatic rings. The number of fused-ring (bicyclic) bond motifs is 1. The van der Waals surface area contributed by atoms with Gasteiger partial charge < -0.3 is 15.5 Å². The minimum absolute atomic E-state index is 0.0424. The maximum atomic E-state index is 11.9. The van der Waals surface area contributed by atoms with Crippen LogP contribution in [0.4, 0.5) is 11.4 Å². The highest BCUT2D eigenvalue weighted by molar-refractivity contribution is 7.98. The van der Waals surface area contributed by atoms with E-state index in [1.807, 2.05) is 24.8 Å². The number of hydrogen-bond donors (Lipinski definition) is 2. The van der Waals surface area contributed by atoms with E-state index in [2.05, 4.69) is 41.0 Å². The number of benzene rings is 1. The lowest BCUT2D eigenvalue weighted by Crippen LogP contribution is -2.27. The van der Waals surface area contributed by atoms with Crippen molar-refractivity contribution in [2.45, 2.75) is 13.0 Å². The van der Waals surface area contributed by atoms with Gasteiger partial charge in [-0.2, -0.15) is 11.8 Å². The van der Waals surface area contributed by atoms with Crippen molar-refractivity contribution in [3.63, 3.8) is 0 Å². The van der Waals surface area contributed by atoms with Crippen LogP contribution in [0, 0.1) is 0 Å². The topological polar surface area (TPSA) is 44.4 Å². The van der Waals surface area contributed by atoms with E-state index in [0.29, 0.717) is 0 Å². The SMILES string of the molecule is CCNC1C(=O)Nc2cc(N(C)CCSC)ccc21. The lowest BCUT2D eigenvalue weighted by atomic mass is 10.1. The number of carbonyl (C=O) groups excluding carboxylic acids is 1. The van der Waals surface area contributed by atoms with Gasteiger partial charge in [0.15, 0.2) is 0 Å². The molecule has 19 heavy (non-hydrogen) atoms. The van der Waals surface area contributed by atoms with Gasteiger partial charge in [-0.15, -0.1) is 0 Å². The molecule has 5 heteroatoms. The Kier molecular flexibility index (Phi) is 4.71. The molecule has 1 atom stereocenters.